The summed E-state index contributed by atoms with van der Waals surface area (Å²) in [6.07, 6.45) is -1.20. The average Bonchev–Trinajstić information content (AvgIpc) is 3.34. The van der Waals surface area contributed by atoms with Crippen molar-refractivity contribution in [3.05, 3.63) is 47.4 Å². The molecule has 0 N–H and O–H groups in total. The van der Waals surface area contributed by atoms with Crippen molar-refractivity contribution in [2.24, 2.45) is 4.99 Å². The van der Waals surface area contributed by atoms with Gasteiger partial charge in [0.1, 0.15) is 23.5 Å². The van der Waals surface area contributed by atoms with E-state index >= 15 is 0 Å². The second kappa shape index (κ2) is 8.03. The summed E-state index contributed by atoms with van der Waals surface area (Å²) >= 11 is 0. The van der Waals surface area contributed by atoms with Gasteiger partial charge in [-0.2, -0.15) is 13.2 Å². The number of aliphatic imine (C=N–C) groups is 1. The highest BCUT2D eigenvalue weighted by Crippen LogP contribution is 2.40. The monoisotopic (exact) mass is 445 g/mol. The van der Waals surface area contributed by atoms with Crippen molar-refractivity contribution in [1.29, 1.82) is 0 Å². The zero-order valence-electron chi connectivity index (χ0n) is 18.0. The summed E-state index contributed by atoms with van der Waals surface area (Å²) in [6, 6.07) is 8.04. The Morgan fingerprint density at radius 2 is 1.84 bits per heavy atom. The van der Waals surface area contributed by atoms with Gasteiger partial charge in [-0.3, -0.25) is 9.89 Å². The molecule has 3 aliphatic rings. The molecule has 5 rings (SSSR count). The number of benzene rings is 1. The van der Waals surface area contributed by atoms with E-state index in [4.69, 9.17) is 9.73 Å². The molecule has 1 saturated carbocycles. The van der Waals surface area contributed by atoms with E-state index in [9.17, 15) is 13.2 Å². The number of aromatic nitrogens is 2. The average molecular weight is 445 g/mol. The Kier molecular flexibility index (Phi) is 5.31. The standard InChI is InChI=1S/C23H26F3N5O/c1-22(4-5-22)32-17-3-2-16-14-27-21(18(16)12-17)19-13-20(29-15-28-19)31-10-8-30(9-11-31)7-6-23(24,25)26/h2-3,12-13,15H,4-11,14H2,1H3. The molecule has 6 nitrogen and oxygen atoms in total. The summed E-state index contributed by atoms with van der Waals surface area (Å²) in [5.41, 5.74) is 3.72. The molecular weight excluding hydrogens is 419 g/mol. The van der Waals surface area contributed by atoms with Crippen LogP contribution in [0.1, 0.15) is 43.0 Å². The van der Waals surface area contributed by atoms with E-state index in [-0.39, 0.29) is 12.1 Å². The first-order valence-electron chi connectivity index (χ1n) is 11.0. The van der Waals surface area contributed by atoms with E-state index in [0.29, 0.717) is 32.7 Å². The van der Waals surface area contributed by atoms with E-state index in [2.05, 4.69) is 27.9 Å². The maximum atomic E-state index is 12.5. The summed E-state index contributed by atoms with van der Waals surface area (Å²) < 4.78 is 43.6. The topological polar surface area (TPSA) is 53.9 Å². The van der Waals surface area contributed by atoms with Crippen LogP contribution < -0.4 is 9.64 Å². The molecule has 1 saturated heterocycles. The van der Waals surface area contributed by atoms with Crippen molar-refractivity contribution in [3.8, 4) is 5.75 Å². The molecule has 0 bridgehead atoms. The highest BCUT2D eigenvalue weighted by molar-refractivity contribution is 6.14. The van der Waals surface area contributed by atoms with Crippen molar-refractivity contribution in [3.63, 3.8) is 0 Å². The first-order chi connectivity index (χ1) is 15.3. The number of anilines is 1. The third kappa shape index (κ3) is 4.72. The molecule has 3 heterocycles. The lowest BCUT2D eigenvalue weighted by atomic mass is 10.0. The Balaban J connectivity index is 1.27. The number of nitrogens with zero attached hydrogens (tertiary/aromatic N) is 5. The minimum Gasteiger partial charge on any atom is -0.488 e. The summed E-state index contributed by atoms with van der Waals surface area (Å²) in [6.45, 7) is 5.21. The fourth-order valence-corrected chi connectivity index (χ4v) is 4.14. The van der Waals surface area contributed by atoms with Gasteiger partial charge in [0.25, 0.3) is 0 Å². The Bertz CT molecular complexity index is 1030. The van der Waals surface area contributed by atoms with E-state index in [1.807, 2.05) is 23.1 Å². The molecule has 0 spiro atoms. The van der Waals surface area contributed by atoms with Crippen molar-refractivity contribution in [1.82, 2.24) is 14.9 Å². The van der Waals surface area contributed by atoms with E-state index in [1.54, 1.807) is 0 Å². The van der Waals surface area contributed by atoms with Crippen LogP contribution in [-0.4, -0.2) is 65.1 Å². The summed E-state index contributed by atoms with van der Waals surface area (Å²) in [5, 5.41) is 0. The van der Waals surface area contributed by atoms with Crippen LogP contribution in [0.25, 0.3) is 0 Å². The summed E-state index contributed by atoms with van der Waals surface area (Å²) in [4.78, 5) is 17.5. The zero-order chi connectivity index (χ0) is 22.3. The number of ether oxygens (including phenoxy) is 1. The van der Waals surface area contributed by atoms with Gasteiger partial charge in [-0.1, -0.05) is 6.07 Å². The predicted molar refractivity (Wildman–Crippen MR) is 115 cm³/mol. The van der Waals surface area contributed by atoms with E-state index in [0.717, 1.165) is 46.9 Å². The van der Waals surface area contributed by atoms with Crippen LogP contribution in [0.2, 0.25) is 0 Å². The molecular formula is C23H26F3N5O. The van der Waals surface area contributed by atoms with Gasteiger partial charge in [-0.05, 0) is 37.5 Å². The first kappa shape index (κ1) is 21.2. The van der Waals surface area contributed by atoms with Crippen molar-refractivity contribution in [2.75, 3.05) is 37.6 Å². The molecule has 1 aromatic heterocycles. The molecule has 32 heavy (non-hydrogen) atoms. The molecule has 1 aliphatic carbocycles. The van der Waals surface area contributed by atoms with Crippen LogP contribution in [0.15, 0.2) is 35.6 Å². The molecule has 0 radical (unpaired) electrons. The van der Waals surface area contributed by atoms with Gasteiger partial charge in [-0.25, -0.2) is 9.97 Å². The minimum absolute atomic E-state index is 0.0450. The number of halogens is 3. The second-order valence-corrected chi connectivity index (χ2v) is 8.99. The van der Waals surface area contributed by atoms with Crippen LogP contribution in [0.3, 0.4) is 0 Å². The highest BCUT2D eigenvalue weighted by Gasteiger charge is 2.40. The molecule has 0 atom stereocenters. The predicted octanol–water partition coefficient (Wildman–Crippen LogP) is 3.83. The lowest BCUT2D eigenvalue weighted by Crippen LogP contribution is -2.47. The van der Waals surface area contributed by atoms with Gasteiger partial charge in [-0.15, -0.1) is 0 Å². The zero-order valence-corrected chi connectivity index (χ0v) is 18.0. The largest absolute Gasteiger partial charge is 0.488 e. The molecule has 2 aliphatic heterocycles. The Hall–Kier alpha value is -2.68. The highest BCUT2D eigenvalue weighted by atomic mass is 19.4. The lowest BCUT2D eigenvalue weighted by Gasteiger charge is -2.35. The van der Waals surface area contributed by atoms with E-state index < -0.39 is 12.6 Å². The molecule has 0 unspecified atom stereocenters. The van der Waals surface area contributed by atoms with Gasteiger partial charge < -0.3 is 9.64 Å². The Labute approximate surface area is 185 Å². The second-order valence-electron chi connectivity index (χ2n) is 8.99. The summed E-state index contributed by atoms with van der Waals surface area (Å²) in [5.74, 6) is 1.63. The summed E-state index contributed by atoms with van der Waals surface area (Å²) in [7, 11) is 0. The van der Waals surface area contributed by atoms with Gasteiger partial charge in [0, 0.05) is 44.4 Å². The maximum Gasteiger partial charge on any atom is 0.390 e. The molecule has 9 heteroatoms. The van der Waals surface area contributed by atoms with E-state index in [1.165, 1.54) is 6.33 Å². The number of hydrogen-bond donors (Lipinski definition) is 0. The number of rotatable bonds is 6. The lowest BCUT2D eigenvalue weighted by molar-refractivity contribution is -0.138. The molecule has 2 aromatic rings. The third-order valence-electron chi connectivity index (χ3n) is 6.37. The van der Waals surface area contributed by atoms with Crippen LogP contribution in [0.4, 0.5) is 19.0 Å². The maximum absolute atomic E-state index is 12.5. The van der Waals surface area contributed by atoms with Crippen molar-refractivity contribution in [2.45, 2.75) is 44.5 Å². The van der Waals surface area contributed by atoms with Gasteiger partial charge in [0.2, 0.25) is 0 Å². The van der Waals surface area contributed by atoms with Crippen molar-refractivity contribution >= 4 is 11.5 Å². The fraction of sp³-hybridized carbons (Fsp3) is 0.522. The van der Waals surface area contributed by atoms with Crippen LogP contribution >= 0.6 is 0 Å². The molecule has 1 aromatic carbocycles. The Morgan fingerprint density at radius 3 is 2.56 bits per heavy atom. The molecule has 2 fully saturated rings. The molecule has 0 amide bonds. The smallest absolute Gasteiger partial charge is 0.390 e. The number of piperazine rings is 1. The van der Waals surface area contributed by atoms with Crippen LogP contribution in [-0.2, 0) is 6.54 Å². The van der Waals surface area contributed by atoms with Crippen LogP contribution in [0, 0.1) is 0 Å². The first-order valence-corrected chi connectivity index (χ1v) is 11.0. The normalized spacial score (nSPS) is 20.1. The number of hydrogen-bond acceptors (Lipinski definition) is 6. The minimum atomic E-state index is -4.11. The van der Waals surface area contributed by atoms with Gasteiger partial charge in [0.05, 0.1) is 24.4 Å². The Morgan fingerprint density at radius 1 is 1.06 bits per heavy atom. The SMILES string of the molecule is CC1(Oc2ccc3c(c2)C(c2cc(N4CCN(CCC(F)(F)F)CC4)ncn2)=NC3)CC1. The van der Waals surface area contributed by atoms with Gasteiger partial charge >= 0.3 is 6.18 Å². The van der Waals surface area contributed by atoms with Crippen LogP contribution in [0.5, 0.6) is 5.75 Å². The van der Waals surface area contributed by atoms with Gasteiger partial charge in [0.15, 0.2) is 0 Å². The molecule has 170 valence electrons. The van der Waals surface area contributed by atoms with Crippen molar-refractivity contribution < 1.29 is 17.9 Å². The number of fused-ring (bicyclic) bond motifs is 1. The quantitative estimate of drug-likeness (QED) is 0.677. The third-order valence-corrected chi connectivity index (χ3v) is 6.37. The number of alkyl halides is 3. The fourth-order valence-electron chi connectivity index (χ4n) is 4.14.